The van der Waals surface area contributed by atoms with Crippen molar-refractivity contribution in [2.75, 3.05) is 23.9 Å². The lowest BCUT2D eigenvalue weighted by Gasteiger charge is -2.24. The first-order valence-electron chi connectivity index (χ1n) is 5.81. The van der Waals surface area contributed by atoms with Crippen molar-refractivity contribution in [1.29, 1.82) is 0 Å². The number of hydrogen-bond donors (Lipinski definition) is 3. The van der Waals surface area contributed by atoms with E-state index >= 15 is 0 Å². The van der Waals surface area contributed by atoms with Gasteiger partial charge in [0.25, 0.3) is 0 Å². The Hall–Kier alpha value is -1.40. The van der Waals surface area contributed by atoms with Crippen LogP contribution in [0.5, 0.6) is 0 Å². The highest BCUT2D eigenvalue weighted by Gasteiger charge is 2.29. The van der Waals surface area contributed by atoms with Gasteiger partial charge in [-0.05, 0) is 26.7 Å². The van der Waals surface area contributed by atoms with Gasteiger partial charge in [-0.1, -0.05) is 0 Å². The summed E-state index contributed by atoms with van der Waals surface area (Å²) in [7, 11) is 0. The number of nitrogen functional groups attached to an aromatic ring is 1. The fourth-order valence-electron chi connectivity index (χ4n) is 1.94. The molecule has 1 aliphatic rings. The van der Waals surface area contributed by atoms with Gasteiger partial charge in [0.1, 0.15) is 5.82 Å². The topological polar surface area (TPSA) is 85.1 Å². The maximum Gasteiger partial charge on any atom is 0.239 e. The molecule has 1 fully saturated rings. The van der Waals surface area contributed by atoms with Crippen molar-refractivity contribution in [3.8, 4) is 0 Å². The number of hydrogen-bond acceptors (Lipinski definition) is 6. The molecule has 0 spiro atoms. The SMILES string of the molecule is Cc1cnc(NN)nc1NCC1(C)CCCO1. The zero-order valence-corrected chi connectivity index (χ0v) is 10.3. The number of nitrogens with two attached hydrogens (primary N) is 1. The van der Waals surface area contributed by atoms with Crippen LogP contribution < -0.4 is 16.6 Å². The molecular weight excluding hydrogens is 218 g/mol. The minimum absolute atomic E-state index is 0.0896. The van der Waals surface area contributed by atoms with Gasteiger partial charge in [-0.15, -0.1) is 0 Å². The summed E-state index contributed by atoms with van der Waals surface area (Å²) in [5, 5.41) is 3.30. The van der Waals surface area contributed by atoms with Gasteiger partial charge in [-0.2, -0.15) is 4.98 Å². The second-order valence-corrected chi connectivity index (χ2v) is 4.63. The van der Waals surface area contributed by atoms with E-state index in [2.05, 4.69) is 27.6 Å². The van der Waals surface area contributed by atoms with Crippen LogP contribution in [0.2, 0.25) is 0 Å². The minimum Gasteiger partial charge on any atom is -0.373 e. The molecule has 6 nitrogen and oxygen atoms in total. The summed E-state index contributed by atoms with van der Waals surface area (Å²) in [5.74, 6) is 6.49. The molecule has 0 amide bonds. The summed E-state index contributed by atoms with van der Waals surface area (Å²) in [6, 6.07) is 0. The molecule has 0 bridgehead atoms. The van der Waals surface area contributed by atoms with Gasteiger partial charge in [-0.3, -0.25) is 5.43 Å². The highest BCUT2D eigenvalue weighted by molar-refractivity contribution is 5.46. The summed E-state index contributed by atoms with van der Waals surface area (Å²) in [6.07, 6.45) is 3.94. The molecule has 1 unspecified atom stereocenters. The van der Waals surface area contributed by atoms with Crippen LogP contribution in [-0.2, 0) is 4.74 Å². The van der Waals surface area contributed by atoms with Crippen LogP contribution in [0.15, 0.2) is 6.20 Å². The monoisotopic (exact) mass is 237 g/mol. The molecule has 0 radical (unpaired) electrons. The lowest BCUT2D eigenvalue weighted by molar-refractivity contribution is 0.0314. The molecule has 6 heteroatoms. The second-order valence-electron chi connectivity index (χ2n) is 4.63. The molecule has 4 N–H and O–H groups in total. The lowest BCUT2D eigenvalue weighted by Crippen LogP contribution is -2.33. The van der Waals surface area contributed by atoms with E-state index < -0.39 is 0 Å². The molecule has 0 saturated carbocycles. The molecule has 1 aromatic rings. The second kappa shape index (κ2) is 4.85. The van der Waals surface area contributed by atoms with E-state index in [0.29, 0.717) is 5.95 Å². The molecule has 1 aliphatic heterocycles. The Morgan fingerprint density at radius 2 is 2.41 bits per heavy atom. The highest BCUT2D eigenvalue weighted by atomic mass is 16.5. The summed E-state index contributed by atoms with van der Waals surface area (Å²) >= 11 is 0. The van der Waals surface area contributed by atoms with Gasteiger partial charge in [0.05, 0.1) is 5.60 Å². The maximum atomic E-state index is 5.71. The predicted molar refractivity (Wildman–Crippen MR) is 66.7 cm³/mol. The third-order valence-electron chi connectivity index (χ3n) is 3.03. The van der Waals surface area contributed by atoms with Crippen LogP contribution in [-0.4, -0.2) is 28.7 Å². The predicted octanol–water partition coefficient (Wildman–Crippen LogP) is 1.05. The largest absolute Gasteiger partial charge is 0.373 e. The summed E-state index contributed by atoms with van der Waals surface area (Å²) in [5.41, 5.74) is 3.34. The average molecular weight is 237 g/mol. The number of rotatable bonds is 4. The smallest absolute Gasteiger partial charge is 0.239 e. The highest BCUT2D eigenvalue weighted by Crippen LogP contribution is 2.25. The number of aromatic nitrogens is 2. The van der Waals surface area contributed by atoms with E-state index in [4.69, 9.17) is 10.6 Å². The van der Waals surface area contributed by atoms with Crippen molar-refractivity contribution in [2.45, 2.75) is 32.3 Å². The fourth-order valence-corrected chi connectivity index (χ4v) is 1.94. The molecule has 2 heterocycles. The van der Waals surface area contributed by atoms with Crippen LogP contribution >= 0.6 is 0 Å². The zero-order valence-electron chi connectivity index (χ0n) is 10.3. The fraction of sp³-hybridized carbons (Fsp3) is 0.636. The van der Waals surface area contributed by atoms with Crippen molar-refractivity contribution in [3.63, 3.8) is 0 Å². The van der Waals surface area contributed by atoms with Gasteiger partial charge in [0.15, 0.2) is 0 Å². The minimum atomic E-state index is -0.0896. The van der Waals surface area contributed by atoms with Gasteiger partial charge >= 0.3 is 0 Å². The molecule has 1 aromatic heterocycles. The average Bonchev–Trinajstić information content (AvgIpc) is 2.76. The molecule has 17 heavy (non-hydrogen) atoms. The first-order valence-corrected chi connectivity index (χ1v) is 5.81. The van der Waals surface area contributed by atoms with Crippen molar-refractivity contribution in [2.24, 2.45) is 5.84 Å². The van der Waals surface area contributed by atoms with Crippen molar-refractivity contribution in [3.05, 3.63) is 11.8 Å². The summed E-state index contributed by atoms with van der Waals surface area (Å²) in [4.78, 5) is 8.30. The van der Waals surface area contributed by atoms with Gasteiger partial charge in [0.2, 0.25) is 5.95 Å². The summed E-state index contributed by atoms with van der Waals surface area (Å²) < 4.78 is 5.71. The number of hydrazine groups is 1. The number of anilines is 2. The van der Waals surface area contributed by atoms with Crippen molar-refractivity contribution >= 4 is 11.8 Å². The molecule has 0 aliphatic carbocycles. The Morgan fingerprint density at radius 1 is 1.59 bits per heavy atom. The summed E-state index contributed by atoms with van der Waals surface area (Å²) in [6.45, 7) is 5.66. The van der Waals surface area contributed by atoms with E-state index in [1.54, 1.807) is 6.20 Å². The third-order valence-corrected chi connectivity index (χ3v) is 3.03. The Labute approximate surface area is 101 Å². The molecule has 2 rings (SSSR count). The maximum absolute atomic E-state index is 5.71. The van der Waals surface area contributed by atoms with Crippen molar-refractivity contribution in [1.82, 2.24) is 9.97 Å². The van der Waals surface area contributed by atoms with Crippen LogP contribution in [0.1, 0.15) is 25.3 Å². The van der Waals surface area contributed by atoms with Crippen molar-refractivity contribution < 1.29 is 4.74 Å². The Kier molecular flexibility index (Phi) is 3.44. The molecule has 1 saturated heterocycles. The third kappa shape index (κ3) is 2.83. The van der Waals surface area contributed by atoms with Gasteiger partial charge in [0, 0.05) is 24.9 Å². The normalized spacial score (nSPS) is 23.7. The van der Waals surface area contributed by atoms with Gasteiger partial charge < -0.3 is 10.1 Å². The quantitative estimate of drug-likeness (QED) is 0.536. The van der Waals surface area contributed by atoms with E-state index in [1.807, 2.05) is 6.92 Å². The lowest BCUT2D eigenvalue weighted by atomic mass is 10.0. The number of nitrogens with zero attached hydrogens (tertiary/aromatic N) is 2. The Bertz CT molecular complexity index is 389. The van der Waals surface area contributed by atoms with Crippen LogP contribution in [0, 0.1) is 6.92 Å². The van der Waals surface area contributed by atoms with E-state index in [0.717, 1.165) is 37.4 Å². The number of ether oxygens (including phenoxy) is 1. The first-order chi connectivity index (χ1) is 8.13. The van der Waals surface area contributed by atoms with Gasteiger partial charge in [-0.25, -0.2) is 10.8 Å². The standard InChI is InChI=1S/C11H19N5O/c1-8-6-13-10(16-12)15-9(8)14-7-11(2)4-3-5-17-11/h6H,3-5,7,12H2,1-2H3,(H2,13,14,15,16). The molecular formula is C11H19N5O. The zero-order chi connectivity index (χ0) is 12.3. The van der Waals surface area contributed by atoms with E-state index in [9.17, 15) is 0 Å². The molecule has 1 atom stereocenters. The van der Waals surface area contributed by atoms with Crippen LogP contribution in [0.4, 0.5) is 11.8 Å². The number of nitrogens with one attached hydrogen (secondary N) is 2. The Morgan fingerprint density at radius 3 is 3.06 bits per heavy atom. The van der Waals surface area contributed by atoms with E-state index in [1.165, 1.54) is 0 Å². The molecule has 0 aromatic carbocycles. The van der Waals surface area contributed by atoms with Crippen LogP contribution in [0.3, 0.4) is 0 Å². The van der Waals surface area contributed by atoms with E-state index in [-0.39, 0.29) is 5.60 Å². The Balaban J connectivity index is 2.02. The molecule has 94 valence electrons. The van der Waals surface area contributed by atoms with Crippen LogP contribution in [0.25, 0.3) is 0 Å². The number of aryl methyl sites for hydroxylation is 1. The first kappa shape index (κ1) is 12.1.